The number of benzene rings is 1. The second-order valence-electron chi connectivity index (χ2n) is 7.25. The van der Waals surface area contributed by atoms with Crippen LogP contribution in [0.3, 0.4) is 0 Å². The Kier molecular flexibility index (Phi) is 4.65. The van der Waals surface area contributed by atoms with E-state index < -0.39 is 0 Å². The van der Waals surface area contributed by atoms with Crippen molar-refractivity contribution >= 4 is 44.5 Å². The number of rotatable bonds is 3. The third-order valence-corrected chi connectivity index (χ3v) is 7.02. The van der Waals surface area contributed by atoms with Crippen molar-refractivity contribution in [3.05, 3.63) is 33.9 Å². The Labute approximate surface area is 166 Å². The van der Waals surface area contributed by atoms with E-state index in [0.29, 0.717) is 16.1 Å². The average Bonchev–Trinajstić information content (AvgIpc) is 3.07. The van der Waals surface area contributed by atoms with Gasteiger partial charge in [-0.15, -0.1) is 0 Å². The van der Waals surface area contributed by atoms with Gasteiger partial charge < -0.3 is 4.90 Å². The van der Waals surface area contributed by atoms with Crippen molar-refractivity contribution in [1.82, 2.24) is 20.2 Å². The van der Waals surface area contributed by atoms with Crippen LogP contribution >= 0.6 is 27.5 Å². The van der Waals surface area contributed by atoms with Crippen LogP contribution in [0.2, 0.25) is 5.02 Å². The van der Waals surface area contributed by atoms with Crippen LogP contribution in [0.15, 0.2) is 28.9 Å². The number of H-pyrrole nitrogens is 1. The number of hydrogen-bond donors (Lipinski definition) is 1. The van der Waals surface area contributed by atoms with Crippen LogP contribution in [-0.2, 0) is 0 Å². The molecule has 5 nitrogen and oxygen atoms in total. The van der Waals surface area contributed by atoms with Gasteiger partial charge in [0.2, 0.25) is 5.65 Å². The average molecular weight is 435 g/mol. The standard InChI is InChI=1S/C19H21BrClN5/c1-3-19(2)7-9-26(10-8-19)14-11-22-17-16(24-25-18(17)23-14)12-5-4-6-13(21)15(12)20/h4-6,11H,3,7-10H2,1-2H3,(H,23,24,25). The normalized spacial score (nSPS) is 17.0. The Morgan fingerprint density at radius 3 is 2.81 bits per heavy atom. The molecule has 0 atom stereocenters. The maximum Gasteiger partial charge on any atom is 0.202 e. The van der Waals surface area contributed by atoms with Crippen molar-refractivity contribution in [2.45, 2.75) is 33.1 Å². The zero-order valence-electron chi connectivity index (χ0n) is 14.9. The zero-order chi connectivity index (χ0) is 18.3. The fourth-order valence-corrected chi connectivity index (χ4v) is 4.09. The molecule has 1 fully saturated rings. The van der Waals surface area contributed by atoms with Crippen LogP contribution in [-0.4, -0.2) is 33.3 Å². The molecule has 136 valence electrons. The summed E-state index contributed by atoms with van der Waals surface area (Å²) in [7, 11) is 0. The third-order valence-electron chi connectivity index (χ3n) is 5.62. The molecule has 0 amide bonds. The molecule has 0 unspecified atom stereocenters. The predicted molar refractivity (Wildman–Crippen MR) is 110 cm³/mol. The minimum atomic E-state index is 0.451. The SMILES string of the molecule is CCC1(C)CCN(c2cnc3c(-c4cccc(Cl)c4Br)[nH]nc3n2)CC1. The first-order chi connectivity index (χ1) is 12.5. The summed E-state index contributed by atoms with van der Waals surface area (Å²) in [6.45, 7) is 6.69. The van der Waals surface area contributed by atoms with Crippen LogP contribution in [0.25, 0.3) is 22.4 Å². The summed E-state index contributed by atoms with van der Waals surface area (Å²) in [4.78, 5) is 11.7. The lowest BCUT2D eigenvalue weighted by molar-refractivity contribution is 0.238. The summed E-state index contributed by atoms with van der Waals surface area (Å²) < 4.78 is 0.827. The monoisotopic (exact) mass is 433 g/mol. The molecule has 1 aliphatic rings. The van der Waals surface area contributed by atoms with Crippen LogP contribution in [0.5, 0.6) is 0 Å². The number of halogens is 2. The molecule has 1 aromatic carbocycles. The zero-order valence-corrected chi connectivity index (χ0v) is 17.2. The molecule has 0 radical (unpaired) electrons. The van der Waals surface area contributed by atoms with Gasteiger partial charge in [-0.2, -0.15) is 5.10 Å². The van der Waals surface area contributed by atoms with Gasteiger partial charge in [-0.05, 0) is 40.3 Å². The van der Waals surface area contributed by atoms with Crippen molar-refractivity contribution in [2.24, 2.45) is 5.41 Å². The Bertz CT molecular complexity index is 946. The highest BCUT2D eigenvalue weighted by atomic mass is 79.9. The maximum absolute atomic E-state index is 6.22. The molecule has 1 N–H and O–H groups in total. The van der Waals surface area contributed by atoms with Gasteiger partial charge in [-0.25, -0.2) is 9.97 Å². The summed E-state index contributed by atoms with van der Waals surface area (Å²) in [6.07, 6.45) is 5.45. The molecule has 0 aliphatic carbocycles. The highest BCUT2D eigenvalue weighted by molar-refractivity contribution is 9.10. The molecule has 0 bridgehead atoms. The predicted octanol–water partition coefficient (Wildman–Crippen LogP) is 5.45. The van der Waals surface area contributed by atoms with Crippen molar-refractivity contribution < 1.29 is 0 Å². The second-order valence-corrected chi connectivity index (χ2v) is 8.45. The summed E-state index contributed by atoms with van der Waals surface area (Å²) >= 11 is 9.77. The Balaban J connectivity index is 1.65. The highest BCUT2D eigenvalue weighted by Crippen LogP contribution is 2.37. The van der Waals surface area contributed by atoms with E-state index in [1.165, 1.54) is 19.3 Å². The summed E-state index contributed by atoms with van der Waals surface area (Å²) in [5, 5.41) is 8.10. The van der Waals surface area contributed by atoms with Gasteiger partial charge in [0.1, 0.15) is 11.3 Å². The number of piperidine rings is 1. The molecule has 0 saturated carbocycles. The van der Waals surface area contributed by atoms with Crippen molar-refractivity contribution in [3.63, 3.8) is 0 Å². The number of hydrogen-bond acceptors (Lipinski definition) is 4. The van der Waals surface area contributed by atoms with E-state index in [2.05, 4.69) is 49.9 Å². The first-order valence-electron chi connectivity index (χ1n) is 8.91. The van der Waals surface area contributed by atoms with Crippen molar-refractivity contribution in [2.75, 3.05) is 18.0 Å². The minimum absolute atomic E-state index is 0.451. The smallest absolute Gasteiger partial charge is 0.202 e. The molecule has 0 spiro atoms. The molecule has 3 heterocycles. The Morgan fingerprint density at radius 1 is 1.31 bits per heavy atom. The van der Waals surface area contributed by atoms with E-state index in [-0.39, 0.29) is 0 Å². The summed E-state index contributed by atoms with van der Waals surface area (Å²) in [5.41, 5.74) is 3.59. The van der Waals surface area contributed by atoms with Gasteiger partial charge in [-0.1, -0.05) is 44.0 Å². The number of anilines is 1. The van der Waals surface area contributed by atoms with Gasteiger partial charge in [0.05, 0.1) is 16.9 Å². The summed E-state index contributed by atoms with van der Waals surface area (Å²) in [6, 6.07) is 5.74. The van der Waals surface area contributed by atoms with E-state index in [4.69, 9.17) is 16.6 Å². The first-order valence-corrected chi connectivity index (χ1v) is 10.1. The lowest BCUT2D eigenvalue weighted by Gasteiger charge is -2.39. The Morgan fingerprint density at radius 2 is 2.08 bits per heavy atom. The number of fused-ring (bicyclic) bond motifs is 1. The van der Waals surface area contributed by atoms with Gasteiger partial charge in [0.25, 0.3) is 0 Å². The van der Waals surface area contributed by atoms with Crippen LogP contribution in [0.4, 0.5) is 5.82 Å². The van der Waals surface area contributed by atoms with E-state index in [9.17, 15) is 0 Å². The fraction of sp³-hybridized carbons (Fsp3) is 0.421. The molecule has 7 heteroatoms. The van der Waals surface area contributed by atoms with E-state index >= 15 is 0 Å². The largest absolute Gasteiger partial charge is 0.355 e. The number of aromatic nitrogens is 4. The first kappa shape index (κ1) is 17.7. The summed E-state index contributed by atoms with van der Waals surface area (Å²) in [5.74, 6) is 0.902. The quantitative estimate of drug-likeness (QED) is 0.595. The molecular formula is C19H21BrClN5. The number of nitrogens with zero attached hydrogens (tertiary/aromatic N) is 4. The molecule has 26 heavy (non-hydrogen) atoms. The third kappa shape index (κ3) is 3.09. The second kappa shape index (κ2) is 6.82. The van der Waals surface area contributed by atoms with E-state index in [1.807, 2.05) is 24.4 Å². The molecule has 1 aliphatic heterocycles. The van der Waals surface area contributed by atoms with Crippen molar-refractivity contribution in [1.29, 1.82) is 0 Å². The van der Waals surface area contributed by atoms with Crippen LogP contribution in [0, 0.1) is 5.41 Å². The lowest BCUT2D eigenvalue weighted by Crippen LogP contribution is -2.38. The molecule has 4 rings (SSSR count). The Hall–Kier alpha value is -1.66. The van der Waals surface area contributed by atoms with Gasteiger partial charge in [0.15, 0.2) is 0 Å². The van der Waals surface area contributed by atoms with E-state index in [1.54, 1.807) is 0 Å². The van der Waals surface area contributed by atoms with Crippen LogP contribution < -0.4 is 4.90 Å². The molecule has 2 aromatic heterocycles. The highest BCUT2D eigenvalue weighted by Gasteiger charge is 2.29. The van der Waals surface area contributed by atoms with Crippen LogP contribution in [0.1, 0.15) is 33.1 Å². The van der Waals surface area contributed by atoms with Crippen molar-refractivity contribution in [3.8, 4) is 11.3 Å². The fourth-order valence-electron chi connectivity index (χ4n) is 3.45. The molecule has 1 saturated heterocycles. The van der Waals surface area contributed by atoms with Gasteiger partial charge in [-0.3, -0.25) is 5.10 Å². The number of aromatic amines is 1. The van der Waals surface area contributed by atoms with E-state index in [0.717, 1.165) is 40.2 Å². The topological polar surface area (TPSA) is 57.7 Å². The number of nitrogens with one attached hydrogen (secondary N) is 1. The minimum Gasteiger partial charge on any atom is -0.355 e. The molecule has 3 aromatic rings. The maximum atomic E-state index is 6.22. The van der Waals surface area contributed by atoms with Gasteiger partial charge in [0, 0.05) is 23.1 Å². The lowest BCUT2D eigenvalue weighted by atomic mass is 9.78. The van der Waals surface area contributed by atoms with Gasteiger partial charge >= 0.3 is 0 Å². The molecular weight excluding hydrogens is 414 g/mol.